The molecule has 2 aromatic heterocycles. The SMILES string of the molecule is C1=C(N(c2ccc(-c3ccccc3)cc2)c2ccc(-c3ccccc3)cc2)CCc2sc3c(N4c5c(sc6ccccc56)C5Sc6ccccc6C54)cccc3c21. The number of benzene rings is 7. The van der Waals surface area contributed by atoms with Gasteiger partial charge in [-0.15, -0.1) is 34.4 Å². The second-order valence-corrected chi connectivity index (χ2v) is 18.5. The van der Waals surface area contributed by atoms with Crippen LogP contribution >= 0.6 is 34.4 Å². The van der Waals surface area contributed by atoms with Crippen molar-refractivity contribution in [1.82, 2.24) is 0 Å². The first-order valence-corrected chi connectivity index (χ1v) is 22.2. The molecule has 7 aromatic carbocycles. The Kier molecular flexibility index (Phi) is 7.82. The van der Waals surface area contributed by atoms with Crippen molar-refractivity contribution >= 4 is 83.4 Å². The molecule has 0 saturated heterocycles. The Morgan fingerprint density at radius 3 is 1.86 bits per heavy atom. The van der Waals surface area contributed by atoms with Gasteiger partial charge in [0.2, 0.25) is 0 Å². The lowest BCUT2D eigenvalue weighted by Crippen LogP contribution is -2.19. The van der Waals surface area contributed by atoms with Crippen molar-refractivity contribution in [2.75, 3.05) is 9.80 Å². The second-order valence-electron chi connectivity index (χ2n) is 15.1. The van der Waals surface area contributed by atoms with E-state index >= 15 is 0 Å². The Balaban J connectivity index is 0.990. The zero-order valence-corrected chi connectivity index (χ0v) is 33.5. The summed E-state index contributed by atoms with van der Waals surface area (Å²) in [7, 11) is 0. The van der Waals surface area contributed by atoms with E-state index in [-0.39, 0.29) is 6.04 Å². The van der Waals surface area contributed by atoms with Crippen LogP contribution in [0.5, 0.6) is 0 Å². The van der Waals surface area contributed by atoms with E-state index in [2.05, 4.69) is 204 Å². The van der Waals surface area contributed by atoms with Crippen molar-refractivity contribution in [3.05, 3.63) is 203 Å². The van der Waals surface area contributed by atoms with Gasteiger partial charge in [-0.2, -0.15) is 0 Å². The van der Waals surface area contributed by atoms with Gasteiger partial charge in [-0.05, 0) is 94.8 Å². The van der Waals surface area contributed by atoms with E-state index in [0.29, 0.717) is 5.25 Å². The van der Waals surface area contributed by atoms with Crippen LogP contribution < -0.4 is 9.80 Å². The highest BCUT2D eigenvalue weighted by molar-refractivity contribution is 8.00. The number of rotatable bonds is 6. The average Bonchev–Trinajstić information content (AvgIpc) is 4.03. The molecule has 3 aliphatic rings. The number of fused-ring (bicyclic) bond motifs is 10. The molecule has 0 saturated carbocycles. The number of hydrogen-bond donors (Lipinski definition) is 0. The Morgan fingerprint density at radius 1 is 0.526 bits per heavy atom. The van der Waals surface area contributed by atoms with Crippen molar-refractivity contribution in [3.63, 3.8) is 0 Å². The van der Waals surface area contributed by atoms with Crippen molar-refractivity contribution in [3.8, 4) is 22.3 Å². The lowest BCUT2D eigenvalue weighted by atomic mass is 9.97. The maximum atomic E-state index is 2.72. The highest BCUT2D eigenvalue weighted by Crippen LogP contribution is 2.68. The van der Waals surface area contributed by atoms with Crippen LogP contribution in [0.1, 0.15) is 38.6 Å². The van der Waals surface area contributed by atoms with Gasteiger partial charge in [0.05, 0.1) is 27.4 Å². The number of allylic oxidation sites excluding steroid dienone is 1. The van der Waals surface area contributed by atoms with E-state index in [4.69, 9.17) is 0 Å². The largest absolute Gasteiger partial charge is 0.330 e. The number of aryl methyl sites for hydroxylation is 1. The van der Waals surface area contributed by atoms with Gasteiger partial charge in [-0.3, -0.25) is 0 Å². The number of nitrogens with zero attached hydrogens (tertiary/aromatic N) is 2. The molecule has 57 heavy (non-hydrogen) atoms. The smallest absolute Gasteiger partial charge is 0.0775 e. The monoisotopic (exact) mass is 784 g/mol. The third-order valence-electron chi connectivity index (χ3n) is 11.9. The van der Waals surface area contributed by atoms with Crippen LogP contribution in [0.2, 0.25) is 0 Å². The summed E-state index contributed by atoms with van der Waals surface area (Å²) in [4.78, 5) is 9.62. The standard InChI is InChI=1S/C52H36N2S3/c1-3-12-33(13-4-1)35-22-26-37(27-23-35)53(38-28-24-36(25-29-38)34-14-5-2-6-15-34)39-30-31-47-43(32-39)40-18-11-19-44(50(40)55-47)54-48-41-16-7-9-20-45(41)56-51(48)52-49(54)42-17-8-10-21-46(42)57-52/h1-29,32,48,51H,30-31H2. The van der Waals surface area contributed by atoms with Gasteiger partial charge >= 0.3 is 0 Å². The summed E-state index contributed by atoms with van der Waals surface area (Å²) in [6.45, 7) is 0. The molecule has 272 valence electrons. The molecular weight excluding hydrogens is 749 g/mol. The number of anilines is 4. The normalized spacial score (nSPS) is 16.6. The molecule has 0 radical (unpaired) electrons. The van der Waals surface area contributed by atoms with Gasteiger partial charge in [0.1, 0.15) is 0 Å². The summed E-state index contributed by atoms with van der Waals surface area (Å²) in [5.74, 6) is 0. The van der Waals surface area contributed by atoms with Crippen LogP contribution in [0.3, 0.4) is 0 Å². The van der Waals surface area contributed by atoms with Gasteiger partial charge in [-0.1, -0.05) is 133 Å². The predicted octanol–water partition coefficient (Wildman–Crippen LogP) is 15.6. The zero-order valence-electron chi connectivity index (χ0n) is 31.0. The fourth-order valence-corrected chi connectivity index (χ4v) is 13.4. The Morgan fingerprint density at radius 2 is 1.14 bits per heavy atom. The summed E-state index contributed by atoms with van der Waals surface area (Å²) < 4.78 is 2.77. The van der Waals surface area contributed by atoms with E-state index < -0.39 is 0 Å². The van der Waals surface area contributed by atoms with Gasteiger partial charge in [0.15, 0.2) is 0 Å². The first-order valence-electron chi connectivity index (χ1n) is 19.7. The van der Waals surface area contributed by atoms with E-state index in [1.165, 1.54) is 96.6 Å². The van der Waals surface area contributed by atoms with Crippen LogP contribution in [-0.4, -0.2) is 0 Å². The van der Waals surface area contributed by atoms with Gasteiger partial charge in [-0.25, -0.2) is 0 Å². The maximum Gasteiger partial charge on any atom is 0.0775 e. The number of hydrogen-bond acceptors (Lipinski definition) is 5. The summed E-state index contributed by atoms with van der Waals surface area (Å²) in [6, 6.07) is 65.0. The summed E-state index contributed by atoms with van der Waals surface area (Å²) in [5, 5.41) is 3.12. The fraction of sp³-hybridized carbons (Fsp3) is 0.0769. The number of thiophene rings is 2. The molecule has 0 N–H and O–H groups in total. The van der Waals surface area contributed by atoms with Crippen LogP contribution in [0.15, 0.2) is 187 Å². The molecule has 5 heteroatoms. The molecule has 2 unspecified atom stereocenters. The van der Waals surface area contributed by atoms with E-state index in [1.807, 2.05) is 22.7 Å². The minimum Gasteiger partial charge on any atom is -0.330 e. The summed E-state index contributed by atoms with van der Waals surface area (Å²) >= 11 is 6.05. The molecule has 0 amide bonds. The van der Waals surface area contributed by atoms with Crippen LogP contribution in [-0.2, 0) is 6.42 Å². The molecule has 1 aliphatic carbocycles. The molecular formula is C52H36N2S3. The quantitative estimate of drug-likeness (QED) is 0.166. The molecule has 12 rings (SSSR count). The maximum absolute atomic E-state index is 2.72. The molecule has 4 heterocycles. The van der Waals surface area contributed by atoms with Crippen LogP contribution in [0, 0.1) is 0 Å². The molecule has 0 fully saturated rings. The van der Waals surface area contributed by atoms with Gasteiger partial charge in [0.25, 0.3) is 0 Å². The molecule has 2 aliphatic heterocycles. The fourth-order valence-electron chi connectivity index (χ4n) is 9.28. The third kappa shape index (κ3) is 5.37. The molecule has 2 nitrogen and oxygen atoms in total. The van der Waals surface area contributed by atoms with Crippen molar-refractivity contribution in [2.24, 2.45) is 0 Å². The topological polar surface area (TPSA) is 6.48 Å². The van der Waals surface area contributed by atoms with Crippen molar-refractivity contribution in [1.29, 1.82) is 0 Å². The van der Waals surface area contributed by atoms with Crippen molar-refractivity contribution in [2.45, 2.75) is 29.0 Å². The highest BCUT2D eigenvalue weighted by Gasteiger charge is 2.48. The second kappa shape index (κ2) is 13.4. The number of thioether (sulfide) groups is 1. The molecule has 2 atom stereocenters. The zero-order chi connectivity index (χ0) is 37.5. The first-order chi connectivity index (χ1) is 28.3. The Bertz CT molecular complexity index is 2910. The molecule has 0 spiro atoms. The van der Waals surface area contributed by atoms with E-state index in [9.17, 15) is 0 Å². The van der Waals surface area contributed by atoms with E-state index in [1.54, 1.807) is 0 Å². The lowest BCUT2D eigenvalue weighted by molar-refractivity contribution is 0.743. The lowest BCUT2D eigenvalue weighted by Gasteiger charge is -2.30. The summed E-state index contributed by atoms with van der Waals surface area (Å²) in [5.41, 5.74) is 14.2. The summed E-state index contributed by atoms with van der Waals surface area (Å²) in [6.07, 6.45) is 4.47. The minimum absolute atomic E-state index is 0.279. The Hall–Kier alpha value is -5.85. The molecule has 9 aromatic rings. The third-order valence-corrected chi connectivity index (χ3v) is 16.0. The first kappa shape index (κ1) is 33.3. The highest BCUT2D eigenvalue weighted by atomic mass is 32.2. The van der Waals surface area contributed by atoms with Crippen LogP contribution in [0.25, 0.3) is 48.5 Å². The average molecular weight is 785 g/mol. The van der Waals surface area contributed by atoms with Gasteiger partial charge < -0.3 is 9.80 Å². The van der Waals surface area contributed by atoms with Gasteiger partial charge in [0, 0.05) is 47.2 Å². The molecule has 0 bridgehead atoms. The van der Waals surface area contributed by atoms with Crippen molar-refractivity contribution < 1.29 is 0 Å². The van der Waals surface area contributed by atoms with E-state index in [0.717, 1.165) is 12.8 Å². The Labute approximate surface area is 345 Å². The minimum atomic E-state index is 0.279. The predicted molar refractivity (Wildman–Crippen MR) is 246 cm³/mol. The van der Waals surface area contributed by atoms with Crippen LogP contribution in [0.4, 0.5) is 22.7 Å².